The first-order chi connectivity index (χ1) is 14.3. The first kappa shape index (κ1) is 23.6. The van der Waals surface area contributed by atoms with Crippen LogP contribution in [0.3, 0.4) is 0 Å². The van der Waals surface area contributed by atoms with Crippen molar-refractivity contribution in [1.29, 1.82) is 0 Å². The number of halogens is 2. The Hall–Kier alpha value is -2.68. The minimum absolute atomic E-state index is 0.0274. The highest BCUT2D eigenvalue weighted by Gasteiger charge is 2.17. The third kappa shape index (κ3) is 6.16. The third-order valence-corrected chi connectivity index (χ3v) is 4.63. The minimum atomic E-state index is -0.354. The number of para-hydroxylation sites is 1. The molecule has 2 rings (SSSR count). The molecule has 2 amide bonds. The molecule has 0 aromatic heterocycles. The molecular weight excluding hydrogens is 433 g/mol. The Balaban J connectivity index is 1.97. The zero-order valence-corrected chi connectivity index (χ0v) is 18.6. The molecule has 0 aliphatic rings. The van der Waals surface area contributed by atoms with Crippen LogP contribution in [0.25, 0.3) is 0 Å². The van der Waals surface area contributed by atoms with Gasteiger partial charge in [0.1, 0.15) is 0 Å². The first-order valence-electron chi connectivity index (χ1n) is 8.81. The molecule has 0 fully saturated rings. The first-order valence-corrected chi connectivity index (χ1v) is 9.56. The highest BCUT2D eigenvalue weighted by Crippen LogP contribution is 2.39. The maximum atomic E-state index is 12.4. The van der Waals surface area contributed by atoms with Gasteiger partial charge in [0.2, 0.25) is 17.6 Å². The van der Waals surface area contributed by atoms with Crippen LogP contribution < -0.4 is 24.8 Å². The fourth-order valence-corrected chi connectivity index (χ4v) is 3.19. The average molecular weight is 456 g/mol. The number of benzene rings is 2. The van der Waals surface area contributed by atoms with Crippen LogP contribution in [0.5, 0.6) is 17.2 Å². The van der Waals surface area contributed by atoms with Crippen molar-refractivity contribution in [2.75, 3.05) is 52.1 Å². The van der Waals surface area contributed by atoms with Gasteiger partial charge in [0.25, 0.3) is 0 Å². The molecule has 2 aromatic carbocycles. The summed E-state index contributed by atoms with van der Waals surface area (Å²) in [7, 11) is 6.11. The van der Waals surface area contributed by atoms with E-state index in [2.05, 4.69) is 10.6 Å². The van der Waals surface area contributed by atoms with Gasteiger partial charge in [-0.05, 0) is 19.2 Å². The van der Waals surface area contributed by atoms with Crippen LogP contribution in [-0.4, -0.2) is 58.2 Å². The summed E-state index contributed by atoms with van der Waals surface area (Å²) >= 11 is 12.1. The number of methoxy groups -OCH3 is 3. The fourth-order valence-electron chi connectivity index (χ4n) is 2.70. The molecule has 0 saturated carbocycles. The molecule has 0 aliphatic carbocycles. The number of ether oxygens (including phenoxy) is 3. The normalized spacial score (nSPS) is 10.5. The molecule has 30 heavy (non-hydrogen) atoms. The van der Waals surface area contributed by atoms with Gasteiger partial charge in [0.05, 0.1) is 50.2 Å². The van der Waals surface area contributed by atoms with E-state index in [1.165, 1.54) is 21.3 Å². The Labute approximate surface area is 185 Å². The molecule has 2 aromatic rings. The number of likely N-dealkylation sites (N-methyl/N-ethyl adjacent to an activating group) is 1. The number of hydrogen-bond donors (Lipinski definition) is 2. The predicted molar refractivity (Wildman–Crippen MR) is 117 cm³/mol. The van der Waals surface area contributed by atoms with Crippen LogP contribution in [0.2, 0.25) is 10.0 Å². The van der Waals surface area contributed by atoms with Gasteiger partial charge in [0, 0.05) is 17.8 Å². The Bertz CT molecular complexity index is 878. The van der Waals surface area contributed by atoms with E-state index < -0.39 is 0 Å². The zero-order valence-electron chi connectivity index (χ0n) is 17.0. The van der Waals surface area contributed by atoms with E-state index in [1.807, 2.05) is 0 Å². The number of nitrogens with one attached hydrogen (secondary N) is 2. The molecular formula is C20H23Cl2N3O5. The number of amides is 2. The van der Waals surface area contributed by atoms with Crippen LogP contribution in [0.15, 0.2) is 30.3 Å². The molecule has 0 radical (unpaired) electrons. The Morgan fingerprint density at radius 3 is 1.87 bits per heavy atom. The van der Waals surface area contributed by atoms with Gasteiger partial charge in [-0.1, -0.05) is 29.3 Å². The smallest absolute Gasteiger partial charge is 0.238 e. The van der Waals surface area contributed by atoms with E-state index in [-0.39, 0.29) is 24.9 Å². The average Bonchev–Trinajstić information content (AvgIpc) is 2.69. The van der Waals surface area contributed by atoms with E-state index >= 15 is 0 Å². The molecule has 162 valence electrons. The molecule has 0 spiro atoms. The van der Waals surface area contributed by atoms with Crippen molar-refractivity contribution in [2.45, 2.75) is 0 Å². The number of anilines is 2. The molecule has 0 aliphatic heterocycles. The number of nitrogens with zero attached hydrogens (tertiary/aromatic N) is 1. The van der Waals surface area contributed by atoms with Gasteiger partial charge >= 0.3 is 0 Å². The standard InChI is InChI=1S/C20H23Cl2N3O5/c1-25(11-18(27)24-19-13(21)6-5-7-14(19)22)10-17(26)23-12-8-15(28-2)20(30-4)16(9-12)29-3/h5-9H,10-11H2,1-4H3,(H,23,26)(H,24,27). The van der Waals surface area contributed by atoms with E-state index in [0.29, 0.717) is 38.7 Å². The van der Waals surface area contributed by atoms with Gasteiger partial charge in [0.15, 0.2) is 11.5 Å². The van der Waals surface area contributed by atoms with Gasteiger partial charge in [-0.25, -0.2) is 0 Å². The highest BCUT2D eigenvalue weighted by atomic mass is 35.5. The quantitative estimate of drug-likeness (QED) is 0.600. The van der Waals surface area contributed by atoms with E-state index in [9.17, 15) is 9.59 Å². The zero-order chi connectivity index (χ0) is 22.3. The van der Waals surface area contributed by atoms with Gasteiger partial charge in [-0.3, -0.25) is 14.5 Å². The van der Waals surface area contributed by atoms with Crippen molar-refractivity contribution >= 4 is 46.4 Å². The second-order valence-electron chi connectivity index (χ2n) is 6.28. The number of rotatable bonds is 9. The molecule has 8 nitrogen and oxygen atoms in total. The van der Waals surface area contributed by atoms with Crippen molar-refractivity contribution in [3.05, 3.63) is 40.4 Å². The maximum absolute atomic E-state index is 12.4. The van der Waals surface area contributed by atoms with Crippen molar-refractivity contribution in [3.63, 3.8) is 0 Å². The molecule has 0 atom stereocenters. The van der Waals surface area contributed by atoms with Crippen LogP contribution >= 0.6 is 23.2 Å². The summed E-state index contributed by atoms with van der Waals surface area (Å²) < 4.78 is 15.8. The Morgan fingerprint density at radius 1 is 0.900 bits per heavy atom. The lowest BCUT2D eigenvalue weighted by molar-refractivity contribution is -0.119. The van der Waals surface area contributed by atoms with Crippen molar-refractivity contribution < 1.29 is 23.8 Å². The number of hydrogen-bond acceptors (Lipinski definition) is 6. The van der Waals surface area contributed by atoms with E-state index in [0.717, 1.165) is 0 Å². The summed E-state index contributed by atoms with van der Waals surface area (Å²) in [4.78, 5) is 26.2. The number of carbonyl (C=O) groups is 2. The van der Waals surface area contributed by atoms with Crippen LogP contribution in [-0.2, 0) is 9.59 Å². The lowest BCUT2D eigenvalue weighted by Crippen LogP contribution is -2.36. The summed E-state index contributed by atoms with van der Waals surface area (Å²) in [5.74, 6) is 0.571. The lowest BCUT2D eigenvalue weighted by atomic mass is 10.2. The molecule has 0 heterocycles. The molecule has 10 heteroatoms. The monoisotopic (exact) mass is 455 g/mol. The van der Waals surface area contributed by atoms with Crippen molar-refractivity contribution in [1.82, 2.24) is 4.90 Å². The van der Waals surface area contributed by atoms with Gasteiger partial charge in [-0.2, -0.15) is 0 Å². The maximum Gasteiger partial charge on any atom is 0.238 e. The summed E-state index contributed by atoms with van der Waals surface area (Å²) in [6.45, 7) is -0.0649. The predicted octanol–water partition coefficient (Wildman–Crippen LogP) is 3.53. The van der Waals surface area contributed by atoms with Crippen LogP contribution in [0.1, 0.15) is 0 Å². The fraction of sp³-hybridized carbons (Fsp3) is 0.300. The Morgan fingerprint density at radius 2 is 1.40 bits per heavy atom. The molecule has 0 saturated heterocycles. The minimum Gasteiger partial charge on any atom is -0.493 e. The van der Waals surface area contributed by atoms with Crippen LogP contribution in [0.4, 0.5) is 11.4 Å². The topological polar surface area (TPSA) is 89.1 Å². The highest BCUT2D eigenvalue weighted by molar-refractivity contribution is 6.39. The van der Waals surface area contributed by atoms with Crippen molar-refractivity contribution in [2.24, 2.45) is 0 Å². The summed E-state index contributed by atoms with van der Waals surface area (Å²) in [5, 5.41) is 6.06. The molecule has 0 bridgehead atoms. The Kier molecular flexibility index (Phi) is 8.58. The third-order valence-electron chi connectivity index (χ3n) is 4.00. The lowest BCUT2D eigenvalue weighted by Gasteiger charge is -2.18. The van der Waals surface area contributed by atoms with Crippen LogP contribution in [0, 0.1) is 0 Å². The number of carbonyl (C=O) groups excluding carboxylic acids is 2. The van der Waals surface area contributed by atoms with E-state index in [4.69, 9.17) is 37.4 Å². The second-order valence-corrected chi connectivity index (χ2v) is 7.09. The summed E-state index contributed by atoms with van der Waals surface area (Å²) in [6, 6.07) is 8.16. The SMILES string of the molecule is COc1cc(NC(=O)CN(C)CC(=O)Nc2c(Cl)cccc2Cl)cc(OC)c1OC. The summed E-state index contributed by atoms with van der Waals surface area (Å²) in [6.07, 6.45) is 0. The van der Waals surface area contributed by atoms with Crippen molar-refractivity contribution in [3.8, 4) is 17.2 Å². The van der Waals surface area contributed by atoms with Gasteiger partial charge < -0.3 is 24.8 Å². The summed E-state index contributed by atoms with van der Waals surface area (Å²) in [5.41, 5.74) is 0.802. The van der Waals surface area contributed by atoms with E-state index in [1.54, 1.807) is 42.3 Å². The molecule has 2 N–H and O–H groups in total. The largest absolute Gasteiger partial charge is 0.493 e. The molecule has 0 unspecified atom stereocenters. The second kappa shape index (κ2) is 10.9. The van der Waals surface area contributed by atoms with Gasteiger partial charge in [-0.15, -0.1) is 0 Å².